The molecule has 0 unspecified atom stereocenters. The molecule has 0 aliphatic rings. The lowest BCUT2D eigenvalue weighted by Crippen LogP contribution is -1.95. The van der Waals surface area contributed by atoms with Crippen LogP contribution in [0, 0.1) is 18.3 Å². The molecule has 6 heteroatoms. The zero-order chi connectivity index (χ0) is 16.8. The van der Waals surface area contributed by atoms with Gasteiger partial charge >= 0.3 is 0 Å². The van der Waals surface area contributed by atoms with E-state index < -0.39 is 0 Å². The van der Waals surface area contributed by atoms with Gasteiger partial charge in [-0.3, -0.25) is 0 Å². The van der Waals surface area contributed by atoms with Crippen LogP contribution in [0.15, 0.2) is 58.2 Å². The third-order valence-electron chi connectivity index (χ3n) is 3.28. The number of nitriles is 1. The van der Waals surface area contributed by atoms with E-state index in [1.54, 1.807) is 12.1 Å². The fourth-order valence-corrected chi connectivity index (χ4v) is 2.69. The van der Waals surface area contributed by atoms with Crippen LogP contribution in [0.2, 0.25) is 0 Å². The fourth-order valence-electron chi connectivity index (χ4n) is 1.96. The fraction of sp³-hybridized carbons (Fsp3) is 0.167. The van der Waals surface area contributed by atoms with Crippen LogP contribution in [-0.2, 0) is 12.4 Å². The number of benzene rings is 2. The van der Waals surface area contributed by atoms with Crippen LogP contribution >= 0.6 is 11.8 Å². The second-order valence-electron chi connectivity index (χ2n) is 5.16. The summed E-state index contributed by atoms with van der Waals surface area (Å²) in [6.07, 6.45) is 0. The zero-order valence-corrected chi connectivity index (χ0v) is 13.9. The van der Waals surface area contributed by atoms with Crippen LogP contribution in [0.3, 0.4) is 0 Å². The Morgan fingerprint density at radius 1 is 1.08 bits per heavy atom. The normalized spacial score (nSPS) is 10.3. The Balaban J connectivity index is 1.51. The molecule has 0 fully saturated rings. The van der Waals surface area contributed by atoms with E-state index in [-0.39, 0.29) is 6.61 Å². The molecule has 1 heterocycles. The number of ether oxygens (including phenoxy) is 1. The standard InChI is InChI=1S/C18H15N3O2S/c1-13-2-8-16(9-3-13)22-11-17-20-21-18(23-17)24-12-15-6-4-14(10-19)5-7-15/h2-9H,11-12H2,1H3. The van der Waals surface area contributed by atoms with E-state index in [9.17, 15) is 0 Å². The Kier molecular flexibility index (Phi) is 5.14. The molecule has 3 rings (SSSR count). The third-order valence-corrected chi connectivity index (χ3v) is 4.17. The van der Waals surface area contributed by atoms with Crippen molar-refractivity contribution in [2.45, 2.75) is 24.5 Å². The molecule has 1 aromatic heterocycles. The first-order chi connectivity index (χ1) is 11.7. The van der Waals surface area contributed by atoms with E-state index >= 15 is 0 Å². The first kappa shape index (κ1) is 16.1. The van der Waals surface area contributed by atoms with E-state index in [1.165, 1.54) is 17.3 Å². The minimum Gasteiger partial charge on any atom is -0.484 e. The molecule has 0 N–H and O–H groups in total. The largest absolute Gasteiger partial charge is 0.484 e. The molecule has 3 aromatic rings. The van der Waals surface area contributed by atoms with Crippen molar-refractivity contribution in [1.29, 1.82) is 5.26 Å². The van der Waals surface area contributed by atoms with Crippen LogP contribution in [0.5, 0.6) is 5.75 Å². The van der Waals surface area contributed by atoms with Gasteiger partial charge in [-0.25, -0.2) is 0 Å². The van der Waals surface area contributed by atoms with Gasteiger partial charge in [0.25, 0.3) is 11.1 Å². The molecule has 0 radical (unpaired) electrons. The van der Waals surface area contributed by atoms with Crippen molar-refractivity contribution in [3.63, 3.8) is 0 Å². The SMILES string of the molecule is Cc1ccc(OCc2nnc(SCc3ccc(C#N)cc3)o2)cc1. The molecule has 0 atom stereocenters. The van der Waals surface area contributed by atoms with Crippen molar-refractivity contribution in [2.75, 3.05) is 0 Å². The van der Waals surface area contributed by atoms with E-state index in [2.05, 4.69) is 16.3 Å². The number of hydrogen-bond acceptors (Lipinski definition) is 6. The summed E-state index contributed by atoms with van der Waals surface area (Å²) in [7, 11) is 0. The van der Waals surface area contributed by atoms with Crippen molar-refractivity contribution < 1.29 is 9.15 Å². The smallest absolute Gasteiger partial charge is 0.277 e. The Bertz CT molecular complexity index is 836. The highest BCUT2D eigenvalue weighted by Gasteiger charge is 2.08. The predicted molar refractivity (Wildman–Crippen MR) is 90.5 cm³/mol. The molecule has 0 spiro atoms. The van der Waals surface area contributed by atoms with Crippen molar-refractivity contribution in [3.8, 4) is 11.8 Å². The highest BCUT2D eigenvalue weighted by Crippen LogP contribution is 2.22. The quantitative estimate of drug-likeness (QED) is 0.630. The Hall–Kier alpha value is -2.78. The summed E-state index contributed by atoms with van der Waals surface area (Å²) in [4.78, 5) is 0. The average molecular weight is 337 g/mol. The predicted octanol–water partition coefficient (Wildman–Crippen LogP) is 4.12. The molecule has 24 heavy (non-hydrogen) atoms. The number of thioether (sulfide) groups is 1. The Morgan fingerprint density at radius 3 is 2.54 bits per heavy atom. The van der Waals surface area contributed by atoms with Crippen LogP contribution < -0.4 is 4.74 Å². The summed E-state index contributed by atoms with van der Waals surface area (Å²) in [5, 5.41) is 17.3. The van der Waals surface area contributed by atoms with Crippen LogP contribution in [-0.4, -0.2) is 10.2 Å². The van der Waals surface area contributed by atoms with Crippen molar-refractivity contribution in [2.24, 2.45) is 0 Å². The van der Waals surface area contributed by atoms with Gasteiger partial charge in [0.2, 0.25) is 0 Å². The summed E-state index contributed by atoms with van der Waals surface area (Å²) >= 11 is 1.45. The highest BCUT2D eigenvalue weighted by atomic mass is 32.2. The van der Waals surface area contributed by atoms with Crippen LogP contribution in [0.4, 0.5) is 0 Å². The minimum absolute atomic E-state index is 0.244. The molecule has 0 bridgehead atoms. The second kappa shape index (κ2) is 7.66. The van der Waals surface area contributed by atoms with Gasteiger partial charge in [0.05, 0.1) is 11.6 Å². The number of aryl methyl sites for hydroxylation is 1. The van der Waals surface area contributed by atoms with Crippen molar-refractivity contribution >= 4 is 11.8 Å². The average Bonchev–Trinajstić information content (AvgIpc) is 3.08. The van der Waals surface area contributed by atoms with E-state index in [1.807, 2.05) is 43.3 Å². The molecule has 2 aromatic carbocycles. The number of nitrogens with zero attached hydrogens (tertiary/aromatic N) is 3. The van der Waals surface area contributed by atoms with Gasteiger partial charge < -0.3 is 9.15 Å². The number of aromatic nitrogens is 2. The lowest BCUT2D eigenvalue weighted by Gasteiger charge is -2.02. The van der Waals surface area contributed by atoms with E-state index in [0.29, 0.717) is 22.4 Å². The van der Waals surface area contributed by atoms with Gasteiger partial charge in [0, 0.05) is 5.75 Å². The maximum Gasteiger partial charge on any atom is 0.277 e. The maximum absolute atomic E-state index is 8.79. The van der Waals surface area contributed by atoms with Crippen LogP contribution in [0.25, 0.3) is 0 Å². The summed E-state index contributed by atoms with van der Waals surface area (Å²) < 4.78 is 11.2. The van der Waals surface area contributed by atoms with Gasteiger partial charge in [0.1, 0.15) is 5.75 Å². The number of rotatable bonds is 6. The minimum atomic E-state index is 0.244. The van der Waals surface area contributed by atoms with Gasteiger partial charge in [-0.05, 0) is 36.8 Å². The van der Waals surface area contributed by atoms with E-state index in [0.717, 1.165) is 11.3 Å². The summed E-state index contributed by atoms with van der Waals surface area (Å²) in [5.41, 5.74) is 2.92. The second-order valence-corrected chi connectivity index (χ2v) is 6.09. The molecule has 0 aliphatic heterocycles. The first-order valence-electron chi connectivity index (χ1n) is 7.36. The van der Waals surface area contributed by atoms with Gasteiger partial charge in [-0.2, -0.15) is 5.26 Å². The topological polar surface area (TPSA) is 71.9 Å². The van der Waals surface area contributed by atoms with E-state index in [4.69, 9.17) is 14.4 Å². The summed E-state index contributed by atoms with van der Waals surface area (Å²) in [6.45, 7) is 2.27. The molecule has 5 nitrogen and oxygen atoms in total. The third kappa shape index (κ3) is 4.37. The first-order valence-corrected chi connectivity index (χ1v) is 8.35. The van der Waals surface area contributed by atoms with Crippen molar-refractivity contribution in [3.05, 3.63) is 71.1 Å². The molecule has 0 amide bonds. The highest BCUT2D eigenvalue weighted by molar-refractivity contribution is 7.98. The maximum atomic E-state index is 8.79. The zero-order valence-electron chi connectivity index (χ0n) is 13.1. The molecule has 0 saturated heterocycles. The lowest BCUT2D eigenvalue weighted by atomic mass is 10.2. The molecule has 120 valence electrons. The molecular weight excluding hydrogens is 322 g/mol. The van der Waals surface area contributed by atoms with Gasteiger partial charge in [-0.15, -0.1) is 10.2 Å². The van der Waals surface area contributed by atoms with Gasteiger partial charge in [0.15, 0.2) is 6.61 Å². The van der Waals surface area contributed by atoms with Crippen LogP contribution in [0.1, 0.15) is 22.6 Å². The molecule has 0 saturated carbocycles. The molecular formula is C18H15N3O2S. The summed E-state index contributed by atoms with van der Waals surface area (Å²) in [6, 6.07) is 17.3. The molecule has 0 aliphatic carbocycles. The monoisotopic (exact) mass is 337 g/mol. The Morgan fingerprint density at radius 2 is 1.83 bits per heavy atom. The number of hydrogen-bond donors (Lipinski definition) is 0. The summed E-state index contributed by atoms with van der Waals surface area (Å²) in [5.74, 6) is 1.91. The lowest BCUT2D eigenvalue weighted by molar-refractivity contribution is 0.252. The van der Waals surface area contributed by atoms with Gasteiger partial charge in [-0.1, -0.05) is 41.6 Å². The Labute approximate surface area is 144 Å². The van der Waals surface area contributed by atoms with Crippen molar-refractivity contribution in [1.82, 2.24) is 10.2 Å².